The first-order valence-corrected chi connectivity index (χ1v) is 6.34. The molecule has 0 aliphatic heterocycles. The molecule has 6 nitrogen and oxygen atoms in total. The molecule has 108 valence electrons. The van der Waals surface area contributed by atoms with Gasteiger partial charge in [-0.25, -0.2) is 0 Å². The second-order valence-corrected chi connectivity index (χ2v) is 5.39. The van der Waals surface area contributed by atoms with E-state index < -0.39 is 0 Å². The number of rotatable bonds is 5. The lowest BCUT2D eigenvalue weighted by Gasteiger charge is -2.30. The van der Waals surface area contributed by atoms with Gasteiger partial charge in [0.25, 0.3) is 0 Å². The van der Waals surface area contributed by atoms with Gasteiger partial charge in [-0.1, -0.05) is 25.9 Å². The number of methoxy groups -OCH3 is 1. The van der Waals surface area contributed by atoms with E-state index in [1.54, 1.807) is 20.4 Å². The highest BCUT2D eigenvalue weighted by molar-refractivity contribution is 5.79. The van der Waals surface area contributed by atoms with E-state index in [9.17, 15) is 0 Å². The maximum atomic E-state index is 5.49. The lowest BCUT2D eigenvalue weighted by molar-refractivity contribution is 0.0205. The molecule has 0 bridgehead atoms. The molecule has 0 saturated heterocycles. The molecule has 0 spiro atoms. The summed E-state index contributed by atoms with van der Waals surface area (Å²) in [5.41, 5.74) is 0.911. The minimum Gasteiger partial charge on any atom is -0.379 e. The smallest absolute Gasteiger partial charge is 0.191 e. The van der Waals surface area contributed by atoms with Crippen molar-refractivity contribution in [3.63, 3.8) is 0 Å². The molecule has 1 rings (SSSR count). The van der Waals surface area contributed by atoms with Crippen molar-refractivity contribution < 1.29 is 9.26 Å². The van der Waals surface area contributed by atoms with E-state index in [4.69, 9.17) is 9.26 Å². The Kier molecular flexibility index (Phi) is 5.82. The summed E-state index contributed by atoms with van der Waals surface area (Å²) in [5.74, 6) is 0.717. The van der Waals surface area contributed by atoms with Gasteiger partial charge in [-0.15, -0.1) is 0 Å². The van der Waals surface area contributed by atoms with Gasteiger partial charge in [-0.3, -0.25) is 4.99 Å². The summed E-state index contributed by atoms with van der Waals surface area (Å²) in [4.78, 5) is 4.16. The molecule has 0 aliphatic carbocycles. The molecular formula is C13H24N4O2. The first kappa shape index (κ1) is 15.5. The van der Waals surface area contributed by atoms with Crippen LogP contribution in [-0.4, -0.2) is 37.9 Å². The summed E-state index contributed by atoms with van der Waals surface area (Å²) in [7, 11) is 3.46. The van der Waals surface area contributed by atoms with E-state index >= 15 is 0 Å². The summed E-state index contributed by atoms with van der Waals surface area (Å²) in [5, 5.41) is 10.2. The zero-order valence-corrected chi connectivity index (χ0v) is 12.4. The van der Waals surface area contributed by atoms with Gasteiger partial charge in [0.05, 0.1) is 12.6 Å². The van der Waals surface area contributed by atoms with Crippen LogP contribution in [0.15, 0.2) is 21.8 Å². The van der Waals surface area contributed by atoms with Crippen LogP contribution in [-0.2, 0) is 11.3 Å². The van der Waals surface area contributed by atoms with Crippen molar-refractivity contribution in [2.24, 2.45) is 10.4 Å². The minimum absolute atomic E-state index is 0.0761. The molecule has 1 aromatic rings. The van der Waals surface area contributed by atoms with Crippen LogP contribution in [0.3, 0.4) is 0 Å². The van der Waals surface area contributed by atoms with E-state index in [1.807, 2.05) is 6.07 Å². The van der Waals surface area contributed by atoms with E-state index in [2.05, 4.69) is 41.6 Å². The standard InChI is InChI=1S/C13H24N4O2/c1-13(2,3)11(18-5)9-16-12(14-4)15-8-10-6-7-19-17-10/h6-7,11H,8-9H2,1-5H3,(H2,14,15,16). The van der Waals surface area contributed by atoms with Gasteiger partial charge in [0.1, 0.15) is 12.0 Å². The predicted molar refractivity (Wildman–Crippen MR) is 75.0 cm³/mol. The SMILES string of the molecule is CN=C(NCc1ccon1)NCC(OC)C(C)(C)C. The highest BCUT2D eigenvalue weighted by atomic mass is 16.5. The third-order valence-electron chi connectivity index (χ3n) is 2.86. The third kappa shape index (κ3) is 5.30. The molecular weight excluding hydrogens is 244 g/mol. The molecule has 19 heavy (non-hydrogen) atoms. The number of aromatic nitrogens is 1. The van der Waals surface area contributed by atoms with Crippen molar-refractivity contribution in [1.82, 2.24) is 15.8 Å². The molecule has 1 atom stereocenters. The third-order valence-corrected chi connectivity index (χ3v) is 2.86. The monoisotopic (exact) mass is 268 g/mol. The van der Waals surface area contributed by atoms with Gasteiger partial charge >= 0.3 is 0 Å². The fourth-order valence-electron chi connectivity index (χ4n) is 1.66. The van der Waals surface area contributed by atoms with Gasteiger partial charge in [-0.05, 0) is 5.41 Å². The van der Waals surface area contributed by atoms with Crippen LogP contribution in [0.5, 0.6) is 0 Å². The Morgan fingerprint density at radius 1 is 1.47 bits per heavy atom. The van der Waals surface area contributed by atoms with Gasteiger partial charge in [-0.2, -0.15) is 0 Å². The van der Waals surface area contributed by atoms with E-state index in [0.29, 0.717) is 19.0 Å². The zero-order valence-electron chi connectivity index (χ0n) is 12.4. The molecule has 0 aromatic carbocycles. The Hall–Kier alpha value is -1.56. The van der Waals surface area contributed by atoms with Crippen molar-refractivity contribution in [3.8, 4) is 0 Å². The number of aliphatic imine (C=N–C) groups is 1. The molecule has 2 N–H and O–H groups in total. The first-order chi connectivity index (χ1) is 8.97. The number of hydrogen-bond donors (Lipinski definition) is 2. The Labute approximate surface area is 114 Å². The molecule has 0 radical (unpaired) electrons. The van der Waals surface area contributed by atoms with Crippen molar-refractivity contribution >= 4 is 5.96 Å². The van der Waals surface area contributed by atoms with Gasteiger partial charge in [0.2, 0.25) is 0 Å². The Morgan fingerprint density at radius 3 is 2.68 bits per heavy atom. The predicted octanol–water partition coefficient (Wildman–Crippen LogP) is 1.40. The molecule has 6 heteroatoms. The van der Waals surface area contributed by atoms with Gasteiger partial charge in [0, 0.05) is 26.8 Å². The maximum absolute atomic E-state index is 5.49. The van der Waals surface area contributed by atoms with E-state index in [0.717, 1.165) is 5.69 Å². The Balaban J connectivity index is 2.40. The molecule has 0 aliphatic rings. The van der Waals surface area contributed by atoms with Crippen molar-refractivity contribution in [1.29, 1.82) is 0 Å². The Morgan fingerprint density at radius 2 is 2.21 bits per heavy atom. The van der Waals surface area contributed by atoms with Crippen LogP contribution in [0.4, 0.5) is 0 Å². The molecule has 1 unspecified atom stereocenters. The van der Waals surface area contributed by atoms with Gasteiger partial charge < -0.3 is 19.9 Å². The van der Waals surface area contributed by atoms with Crippen molar-refractivity contribution in [2.45, 2.75) is 33.4 Å². The molecule has 0 saturated carbocycles. The number of guanidine groups is 1. The van der Waals surface area contributed by atoms with E-state index in [-0.39, 0.29) is 11.5 Å². The number of ether oxygens (including phenoxy) is 1. The highest BCUT2D eigenvalue weighted by Gasteiger charge is 2.24. The molecule has 0 fully saturated rings. The average molecular weight is 268 g/mol. The summed E-state index contributed by atoms with van der Waals surface area (Å²) < 4.78 is 10.3. The van der Waals surface area contributed by atoms with Crippen LogP contribution in [0.1, 0.15) is 26.5 Å². The van der Waals surface area contributed by atoms with Crippen LogP contribution in [0.2, 0.25) is 0 Å². The lowest BCUT2D eigenvalue weighted by Crippen LogP contribution is -2.45. The second-order valence-electron chi connectivity index (χ2n) is 5.39. The molecule has 0 amide bonds. The first-order valence-electron chi connectivity index (χ1n) is 6.34. The normalized spacial score (nSPS) is 14.3. The zero-order chi connectivity index (χ0) is 14.3. The maximum Gasteiger partial charge on any atom is 0.191 e. The molecule has 1 heterocycles. The largest absolute Gasteiger partial charge is 0.379 e. The molecule has 1 aromatic heterocycles. The van der Waals surface area contributed by atoms with Crippen molar-refractivity contribution in [2.75, 3.05) is 20.7 Å². The summed E-state index contributed by atoms with van der Waals surface area (Å²) in [6.45, 7) is 7.71. The van der Waals surface area contributed by atoms with Crippen LogP contribution >= 0.6 is 0 Å². The topological polar surface area (TPSA) is 71.7 Å². The Bertz CT molecular complexity index is 382. The second kappa shape index (κ2) is 7.13. The highest BCUT2D eigenvalue weighted by Crippen LogP contribution is 2.20. The van der Waals surface area contributed by atoms with Crippen LogP contribution < -0.4 is 10.6 Å². The quantitative estimate of drug-likeness (QED) is 0.624. The number of hydrogen-bond acceptors (Lipinski definition) is 4. The van der Waals surface area contributed by atoms with Crippen molar-refractivity contribution in [3.05, 3.63) is 18.0 Å². The lowest BCUT2D eigenvalue weighted by atomic mass is 9.89. The summed E-state index contributed by atoms with van der Waals surface area (Å²) in [6.07, 6.45) is 1.66. The minimum atomic E-state index is 0.0761. The number of nitrogens with zero attached hydrogens (tertiary/aromatic N) is 2. The fraction of sp³-hybridized carbons (Fsp3) is 0.692. The average Bonchev–Trinajstić information content (AvgIpc) is 2.85. The van der Waals surface area contributed by atoms with Crippen LogP contribution in [0, 0.1) is 5.41 Å². The van der Waals surface area contributed by atoms with E-state index in [1.165, 1.54) is 0 Å². The number of nitrogens with one attached hydrogen (secondary N) is 2. The van der Waals surface area contributed by atoms with Crippen LogP contribution in [0.25, 0.3) is 0 Å². The van der Waals surface area contributed by atoms with Gasteiger partial charge in [0.15, 0.2) is 5.96 Å². The summed E-state index contributed by atoms with van der Waals surface area (Å²) in [6, 6.07) is 1.81. The fourth-order valence-corrected chi connectivity index (χ4v) is 1.66. The summed E-state index contributed by atoms with van der Waals surface area (Å²) >= 11 is 0.